The van der Waals surface area contributed by atoms with E-state index in [2.05, 4.69) is 43.0 Å². The third-order valence-corrected chi connectivity index (χ3v) is 4.15. The fraction of sp³-hybridized carbons (Fsp3) is 0.538. The van der Waals surface area contributed by atoms with E-state index in [1.54, 1.807) is 11.3 Å². The zero-order chi connectivity index (χ0) is 14.2. The van der Waals surface area contributed by atoms with E-state index in [1.807, 2.05) is 7.05 Å². The maximum absolute atomic E-state index is 5.86. The summed E-state index contributed by atoms with van der Waals surface area (Å²) in [6.07, 6.45) is 0. The Labute approximate surface area is 122 Å². The molecule has 0 aliphatic carbocycles. The van der Waals surface area contributed by atoms with Gasteiger partial charge in [-0.1, -0.05) is 0 Å². The molecule has 2 N–H and O–H groups in total. The maximum atomic E-state index is 5.86. The Morgan fingerprint density at radius 3 is 2.68 bits per heavy atom. The first-order chi connectivity index (χ1) is 8.81. The Bertz CT molecular complexity index is 652. The van der Waals surface area contributed by atoms with Crippen LogP contribution in [0.3, 0.4) is 0 Å². The molecule has 104 valence electrons. The van der Waals surface area contributed by atoms with Crippen molar-refractivity contribution in [3.05, 3.63) is 15.2 Å². The van der Waals surface area contributed by atoms with E-state index < -0.39 is 0 Å². The number of rotatable bonds is 3. The van der Waals surface area contributed by atoms with Crippen LogP contribution in [0.5, 0.6) is 0 Å². The molecule has 2 rings (SSSR count). The monoisotopic (exact) mass is 297 g/mol. The second-order valence-corrected chi connectivity index (χ2v) is 6.87. The number of H-pyrrole nitrogens is 1. The summed E-state index contributed by atoms with van der Waals surface area (Å²) in [5.74, 6) is 0.922. The van der Waals surface area contributed by atoms with Crippen molar-refractivity contribution in [3.63, 3.8) is 0 Å². The van der Waals surface area contributed by atoms with Gasteiger partial charge in [-0.05, 0) is 45.5 Å². The van der Waals surface area contributed by atoms with Crippen molar-refractivity contribution in [2.45, 2.75) is 39.9 Å². The lowest BCUT2D eigenvalue weighted by atomic mass is 10.2. The highest BCUT2D eigenvalue weighted by Gasteiger charge is 2.16. The Balaban J connectivity index is 2.48. The van der Waals surface area contributed by atoms with Gasteiger partial charge in [-0.15, -0.1) is 11.3 Å². The van der Waals surface area contributed by atoms with E-state index in [1.165, 1.54) is 10.4 Å². The number of fused-ring (bicyclic) bond motifs is 1. The summed E-state index contributed by atoms with van der Waals surface area (Å²) in [4.78, 5) is 9.63. The molecule has 4 nitrogen and oxygen atoms in total. The molecule has 0 spiro atoms. The summed E-state index contributed by atoms with van der Waals surface area (Å²) < 4.78 is 6.36. The van der Waals surface area contributed by atoms with Gasteiger partial charge >= 0.3 is 0 Å². The van der Waals surface area contributed by atoms with E-state index in [9.17, 15) is 0 Å². The van der Waals surface area contributed by atoms with E-state index in [0.717, 1.165) is 16.0 Å². The highest BCUT2D eigenvalue weighted by molar-refractivity contribution is 7.71. The minimum atomic E-state index is -0.142. The molecule has 0 saturated heterocycles. The van der Waals surface area contributed by atoms with Crippen LogP contribution in [0.2, 0.25) is 0 Å². The van der Waals surface area contributed by atoms with Crippen molar-refractivity contribution in [2.75, 3.05) is 12.4 Å². The Morgan fingerprint density at radius 2 is 2.11 bits per heavy atom. The van der Waals surface area contributed by atoms with Gasteiger partial charge in [-0.2, -0.15) is 0 Å². The number of nitrogens with one attached hydrogen (secondary N) is 2. The Kier molecular flexibility index (Phi) is 3.94. The topological polar surface area (TPSA) is 49.9 Å². The van der Waals surface area contributed by atoms with Crippen LogP contribution in [0.25, 0.3) is 10.2 Å². The molecule has 0 aliphatic rings. The predicted octanol–water partition coefficient (Wildman–Crippen LogP) is 4.02. The van der Waals surface area contributed by atoms with E-state index in [0.29, 0.717) is 11.4 Å². The number of aromatic nitrogens is 2. The highest BCUT2D eigenvalue weighted by atomic mass is 32.1. The first kappa shape index (κ1) is 14.4. The SMILES string of the molecule is CNc1[nH]c(=S)nc2sc(COC(C)(C)C)c(C)c12. The lowest BCUT2D eigenvalue weighted by Gasteiger charge is -2.19. The molecule has 2 aromatic rings. The molecular weight excluding hydrogens is 278 g/mol. The van der Waals surface area contributed by atoms with Gasteiger partial charge in [-0.25, -0.2) is 4.98 Å². The van der Waals surface area contributed by atoms with Crippen molar-refractivity contribution < 1.29 is 4.74 Å². The fourth-order valence-corrected chi connectivity index (χ4v) is 3.17. The number of thiophene rings is 1. The van der Waals surface area contributed by atoms with Crippen LogP contribution >= 0.6 is 23.6 Å². The van der Waals surface area contributed by atoms with Crippen LogP contribution in [-0.2, 0) is 11.3 Å². The second-order valence-electron chi connectivity index (χ2n) is 5.40. The third kappa shape index (κ3) is 3.13. The van der Waals surface area contributed by atoms with Gasteiger partial charge in [0.2, 0.25) is 0 Å². The van der Waals surface area contributed by atoms with Crippen molar-refractivity contribution in [2.24, 2.45) is 0 Å². The van der Waals surface area contributed by atoms with Crippen molar-refractivity contribution in [3.8, 4) is 0 Å². The second kappa shape index (κ2) is 5.19. The normalized spacial score (nSPS) is 12.1. The number of aryl methyl sites for hydroxylation is 1. The Hall–Kier alpha value is -0.980. The fourth-order valence-electron chi connectivity index (χ4n) is 1.81. The molecule has 0 radical (unpaired) electrons. The van der Waals surface area contributed by atoms with E-state index >= 15 is 0 Å². The van der Waals surface area contributed by atoms with Gasteiger partial charge < -0.3 is 15.0 Å². The van der Waals surface area contributed by atoms with Gasteiger partial charge in [0.1, 0.15) is 10.6 Å². The molecule has 0 fully saturated rings. The highest BCUT2D eigenvalue weighted by Crippen LogP contribution is 2.34. The number of aromatic amines is 1. The maximum Gasteiger partial charge on any atom is 0.199 e. The first-order valence-electron chi connectivity index (χ1n) is 6.16. The van der Waals surface area contributed by atoms with E-state index in [4.69, 9.17) is 17.0 Å². The molecule has 19 heavy (non-hydrogen) atoms. The van der Waals surface area contributed by atoms with Gasteiger partial charge in [0.25, 0.3) is 0 Å². The summed E-state index contributed by atoms with van der Waals surface area (Å²) in [7, 11) is 1.88. The zero-order valence-electron chi connectivity index (χ0n) is 11.9. The number of ether oxygens (including phenoxy) is 1. The summed E-state index contributed by atoms with van der Waals surface area (Å²) in [6, 6.07) is 0. The van der Waals surface area contributed by atoms with Crippen LogP contribution in [0, 0.1) is 11.7 Å². The third-order valence-electron chi connectivity index (χ3n) is 2.80. The van der Waals surface area contributed by atoms with Gasteiger partial charge in [-0.3, -0.25) is 0 Å². The smallest absolute Gasteiger partial charge is 0.199 e. The molecule has 0 unspecified atom stereocenters. The lowest BCUT2D eigenvalue weighted by Crippen LogP contribution is -2.18. The van der Waals surface area contributed by atoms with Crippen LogP contribution < -0.4 is 5.32 Å². The van der Waals surface area contributed by atoms with Crippen LogP contribution in [0.4, 0.5) is 5.82 Å². The predicted molar refractivity (Wildman–Crippen MR) is 83.6 cm³/mol. The number of nitrogens with zero attached hydrogens (tertiary/aromatic N) is 1. The van der Waals surface area contributed by atoms with Gasteiger partial charge in [0, 0.05) is 11.9 Å². The molecule has 0 bridgehead atoms. The molecule has 0 amide bonds. The molecule has 6 heteroatoms. The molecule has 0 aromatic carbocycles. The molecule has 0 atom stereocenters. The first-order valence-corrected chi connectivity index (χ1v) is 7.38. The standard InChI is InChI=1S/C13H19N3OS2/c1-7-8(6-17-13(2,3)4)19-11-9(7)10(14-5)15-12(18)16-11/h6H2,1-5H3,(H2,14,15,16,18). The number of hydrogen-bond donors (Lipinski definition) is 2. The summed E-state index contributed by atoms with van der Waals surface area (Å²) >= 11 is 6.78. The lowest BCUT2D eigenvalue weighted by molar-refractivity contribution is -0.0138. The quantitative estimate of drug-likeness (QED) is 0.840. The van der Waals surface area contributed by atoms with Gasteiger partial charge in [0.15, 0.2) is 4.77 Å². The van der Waals surface area contributed by atoms with Crippen LogP contribution in [0.15, 0.2) is 0 Å². The van der Waals surface area contributed by atoms with Gasteiger partial charge in [0.05, 0.1) is 17.6 Å². The summed E-state index contributed by atoms with van der Waals surface area (Å²) in [5.41, 5.74) is 1.06. The van der Waals surface area contributed by atoms with Crippen LogP contribution in [0.1, 0.15) is 31.2 Å². The molecular formula is C13H19N3OS2. The summed E-state index contributed by atoms with van der Waals surface area (Å²) in [5, 5.41) is 4.25. The minimum absolute atomic E-state index is 0.142. The van der Waals surface area contributed by atoms with Crippen molar-refractivity contribution in [1.29, 1.82) is 0 Å². The molecule has 2 heterocycles. The molecule has 2 aromatic heterocycles. The number of anilines is 1. The zero-order valence-corrected chi connectivity index (χ0v) is 13.5. The van der Waals surface area contributed by atoms with Crippen LogP contribution in [-0.4, -0.2) is 22.6 Å². The largest absolute Gasteiger partial charge is 0.374 e. The Morgan fingerprint density at radius 1 is 1.42 bits per heavy atom. The summed E-state index contributed by atoms with van der Waals surface area (Å²) in [6.45, 7) is 8.87. The van der Waals surface area contributed by atoms with Crippen molar-refractivity contribution in [1.82, 2.24) is 9.97 Å². The average Bonchev–Trinajstić information content (AvgIpc) is 2.61. The number of hydrogen-bond acceptors (Lipinski definition) is 5. The minimum Gasteiger partial charge on any atom is -0.374 e. The van der Waals surface area contributed by atoms with Crippen molar-refractivity contribution >= 4 is 39.6 Å². The molecule has 0 aliphatic heterocycles. The molecule has 0 saturated carbocycles. The van der Waals surface area contributed by atoms with E-state index in [-0.39, 0.29) is 5.60 Å². The average molecular weight is 297 g/mol.